The zero-order valence-electron chi connectivity index (χ0n) is 14.0. The molecule has 128 valence electrons. The first-order valence-corrected chi connectivity index (χ1v) is 8.08. The van der Waals surface area contributed by atoms with Crippen LogP contribution in [0.5, 0.6) is 0 Å². The maximum absolute atomic E-state index is 12.2. The molecule has 1 aromatic heterocycles. The lowest BCUT2D eigenvalue weighted by atomic mass is 10.3. The topological polar surface area (TPSA) is 69.7 Å². The standard InChI is InChI=1S/C16H27N5O2/c1-20(2)7-5-17-14-3-4-18-15(13-14)16(22)19-6-8-21-9-11-23-12-10-21/h3-4,13H,5-12H2,1-2H3,(H,17,18)(H,19,22). The number of hydrogen-bond donors (Lipinski definition) is 2. The third kappa shape index (κ3) is 6.52. The van der Waals surface area contributed by atoms with Crippen molar-refractivity contribution >= 4 is 11.6 Å². The Hall–Kier alpha value is -1.70. The molecule has 1 aliphatic rings. The van der Waals surface area contributed by atoms with E-state index in [1.54, 1.807) is 12.3 Å². The molecule has 7 nitrogen and oxygen atoms in total. The number of anilines is 1. The van der Waals surface area contributed by atoms with Crippen LogP contribution < -0.4 is 10.6 Å². The minimum absolute atomic E-state index is 0.130. The Morgan fingerprint density at radius 1 is 1.35 bits per heavy atom. The number of pyridine rings is 1. The minimum atomic E-state index is -0.130. The zero-order chi connectivity index (χ0) is 16.5. The van der Waals surface area contributed by atoms with Gasteiger partial charge in [0.25, 0.3) is 5.91 Å². The first-order valence-electron chi connectivity index (χ1n) is 8.08. The van der Waals surface area contributed by atoms with Gasteiger partial charge in [-0.1, -0.05) is 0 Å². The quantitative estimate of drug-likeness (QED) is 0.709. The molecule has 2 N–H and O–H groups in total. The van der Waals surface area contributed by atoms with Gasteiger partial charge in [0, 0.05) is 51.2 Å². The van der Waals surface area contributed by atoms with Crippen molar-refractivity contribution < 1.29 is 9.53 Å². The molecule has 0 atom stereocenters. The molecule has 2 rings (SSSR count). The highest BCUT2D eigenvalue weighted by Crippen LogP contribution is 2.07. The lowest BCUT2D eigenvalue weighted by Gasteiger charge is -2.26. The van der Waals surface area contributed by atoms with E-state index in [1.165, 1.54) is 0 Å². The van der Waals surface area contributed by atoms with Crippen molar-refractivity contribution in [3.63, 3.8) is 0 Å². The van der Waals surface area contributed by atoms with E-state index in [0.29, 0.717) is 12.2 Å². The van der Waals surface area contributed by atoms with E-state index < -0.39 is 0 Å². The maximum atomic E-state index is 12.2. The first kappa shape index (κ1) is 17.7. The molecule has 0 unspecified atom stereocenters. The van der Waals surface area contributed by atoms with Gasteiger partial charge in [0.2, 0.25) is 0 Å². The Morgan fingerprint density at radius 2 is 2.13 bits per heavy atom. The van der Waals surface area contributed by atoms with Crippen LogP contribution in [-0.2, 0) is 4.74 Å². The molecule has 0 radical (unpaired) electrons. The number of amides is 1. The van der Waals surface area contributed by atoms with Crippen molar-refractivity contribution in [1.82, 2.24) is 20.1 Å². The second kappa shape index (κ2) is 9.44. The van der Waals surface area contributed by atoms with Crippen molar-refractivity contribution in [3.8, 4) is 0 Å². The van der Waals surface area contributed by atoms with Crippen LogP contribution in [0.25, 0.3) is 0 Å². The predicted octanol–water partition coefficient (Wildman–Crippen LogP) is 0.117. The lowest BCUT2D eigenvalue weighted by molar-refractivity contribution is 0.0383. The predicted molar refractivity (Wildman–Crippen MR) is 90.9 cm³/mol. The summed E-state index contributed by atoms with van der Waals surface area (Å²) in [6.45, 7) is 6.64. The molecule has 1 saturated heterocycles. The van der Waals surface area contributed by atoms with Gasteiger partial charge in [0.15, 0.2) is 0 Å². The van der Waals surface area contributed by atoms with Crippen LogP contribution in [0, 0.1) is 0 Å². The Morgan fingerprint density at radius 3 is 2.87 bits per heavy atom. The van der Waals surface area contributed by atoms with Gasteiger partial charge in [-0.15, -0.1) is 0 Å². The Balaban J connectivity index is 1.74. The summed E-state index contributed by atoms with van der Waals surface area (Å²) < 4.78 is 5.31. The number of carbonyl (C=O) groups is 1. The minimum Gasteiger partial charge on any atom is -0.384 e. The van der Waals surface area contributed by atoms with Gasteiger partial charge in [0.1, 0.15) is 5.69 Å². The largest absolute Gasteiger partial charge is 0.384 e. The van der Waals surface area contributed by atoms with Gasteiger partial charge in [-0.2, -0.15) is 0 Å². The number of hydrogen-bond acceptors (Lipinski definition) is 6. The van der Waals surface area contributed by atoms with Crippen molar-refractivity contribution in [2.75, 3.05) is 71.9 Å². The first-order chi connectivity index (χ1) is 11.1. The molecule has 7 heteroatoms. The molecule has 23 heavy (non-hydrogen) atoms. The van der Waals surface area contributed by atoms with Crippen LogP contribution in [0.3, 0.4) is 0 Å². The Labute approximate surface area is 138 Å². The molecule has 0 spiro atoms. The molecular weight excluding hydrogens is 294 g/mol. The average Bonchev–Trinajstić information content (AvgIpc) is 2.56. The molecule has 1 fully saturated rings. The molecule has 1 amide bonds. The number of nitrogens with one attached hydrogen (secondary N) is 2. The third-order valence-electron chi connectivity index (χ3n) is 3.70. The summed E-state index contributed by atoms with van der Waals surface area (Å²) in [5.74, 6) is -0.130. The molecule has 1 aromatic rings. The van der Waals surface area contributed by atoms with Crippen molar-refractivity contribution in [1.29, 1.82) is 0 Å². The van der Waals surface area contributed by atoms with E-state index in [9.17, 15) is 4.79 Å². The van der Waals surface area contributed by atoms with Gasteiger partial charge in [-0.25, -0.2) is 0 Å². The van der Waals surface area contributed by atoms with Crippen molar-refractivity contribution in [2.45, 2.75) is 0 Å². The molecule has 0 aromatic carbocycles. The summed E-state index contributed by atoms with van der Waals surface area (Å²) in [5.41, 5.74) is 1.36. The van der Waals surface area contributed by atoms with E-state index in [2.05, 4.69) is 25.4 Å². The monoisotopic (exact) mass is 321 g/mol. The van der Waals surface area contributed by atoms with E-state index in [-0.39, 0.29) is 5.91 Å². The highest BCUT2D eigenvalue weighted by atomic mass is 16.5. The maximum Gasteiger partial charge on any atom is 0.269 e. The van der Waals surface area contributed by atoms with Gasteiger partial charge in [-0.3, -0.25) is 14.7 Å². The summed E-state index contributed by atoms with van der Waals surface area (Å²) >= 11 is 0. The van der Waals surface area contributed by atoms with E-state index in [1.807, 2.05) is 20.2 Å². The Bertz CT molecular complexity index is 489. The van der Waals surface area contributed by atoms with Gasteiger partial charge < -0.3 is 20.3 Å². The van der Waals surface area contributed by atoms with Crippen molar-refractivity contribution in [3.05, 3.63) is 24.0 Å². The zero-order valence-corrected chi connectivity index (χ0v) is 14.0. The fraction of sp³-hybridized carbons (Fsp3) is 0.625. The average molecular weight is 321 g/mol. The summed E-state index contributed by atoms with van der Waals surface area (Å²) in [5, 5.41) is 6.22. The number of ether oxygens (including phenoxy) is 1. The molecule has 0 saturated carbocycles. The fourth-order valence-electron chi connectivity index (χ4n) is 2.33. The summed E-state index contributed by atoms with van der Waals surface area (Å²) in [6, 6.07) is 3.67. The van der Waals surface area contributed by atoms with Crippen LogP contribution in [0.4, 0.5) is 5.69 Å². The molecule has 1 aliphatic heterocycles. The van der Waals surface area contributed by atoms with Crippen molar-refractivity contribution in [2.24, 2.45) is 0 Å². The SMILES string of the molecule is CN(C)CCNc1ccnc(C(=O)NCCN2CCOCC2)c1. The normalized spacial score (nSPS) is 15.6. The van der Waals surface area contributed by atoms with Gasteiger partial charge in [-0.05, 0) is 26.2 Å². The molecule has 0 bridgehead atoms. The van der Waals surface area contributed by atoms with E-state index in [4.69, 9.17) is 4.74 Å². The van der Waals surface area contributed by atoms with E-state index >= 15 is 0 Å². The van der Waals surface area contributed by atoms with Crippen LogP contribution in [0.2, 0.25) is 0 Å². The summed E-state index contributed by atoms with van der Waals surface area (Å²) in [4.78, 5) is 20.7. The summed E-state index contributed by atoms with van der Waals surface area (Å²) in [7, 11) is 4.06. The van der Waals surface area contributed by atoms with E-state index in [0.717, 1.165) is 51.6 Å². The Kier molecular flexibility index (Phi) is 7.25. The van der Waals surface area contributed by atoms with Crippen LogP contribution >= 0.6 is 0 Å². The third-order valence-corrected chi connectivity index (χ3v) is 3.70. The molecule has 0 aliphatic carbocycles. The molecule has 2 heterocycles. The number of nitrogens with zero attached hydrogens (tertiary/aromatic N) is 3. The highest BCUT2D eigenvalue weighted by molar-refractivity contribution is 5.93. The van der Waals surface area contributed by atoms with Crippen LogP contribution in [0.1, 0.15) is 10.5 Å². The van der Waals surface area contributed by atoms with Crippen LogP contribution in [0.15, 0.2) is 18.3 Å². The van der Waals surface area contributed by atoms with Crippen LogP contribution in [-0.4, -0.2) is 87.3 Å². The number of carbonyl (C=O) groups excluding carboxylic acids is 1. The number of rotatable bonds is 8. The fourth-order valence-corrected chi connectivity index (χ4v) is 2.33. The van der Waals surface area contributed by atoms with Gasteiger partial charge in [0.05, 0.1) is 13.2 Å². The summed E-state index contributed by atoms with van der Waals surface area (Å²) in [6.07, 6.45) is 1.66. The number of morpholine rings is 1. The number of aromatic nitrogens is 1. The second-order valence-electron chi connectivity index (χ2n) is 5.87. The van der Waals surface area contributed by atoms with Gasteiger partial charge >= 0.3 is 0 Å². The smallest absolute Gasteiger partial charge is 0.269 e. The second-order valence-corrected chi connectivity index (χ2v) is 5.87. The molecular formula is C16H27N5O2. The highest BCUT2D eigenvalue weighted by Gasteiger charge is 2.11. The lowest BCUT2D eigenvalue weighted by Crippen LogP contribution is -2.41. The number of likely N-dealkylation sites (N-methyl/N-ethyl adjacent to an activating group) is 1.